The van der Waals surface area contributed by atoms with E-state index in [0.29, 0.717) is 6.61 Å². The Morgan fingerprint density at radius 1 is 0.872 bits per heavy atom. The van der Waals surface area contributed by atoms with Gasteiger partial charge in [0.1, 0.15) is 29.3 Å². The summed E-state index contributed by atoms with van der Waals surface area (Å²) >= 11 is 0. The second-order valence-corrected chi connectivity index (χ2v) is 11.5. The van der Waals surface area contributed by atoms with Crippen LogP contribution in [0.1, 0.15) is 75.2 Å². The Bertz CT molecular complexity index is 1170. The van der Waals surface area contributed by atoms with Gasteiger partial charge in [-0.2, -0.15) is 0 Å². The molecule has 39 heavy (non-hydrogen) atoms. The molecule has 3 aromatic rings. The van der Waals surface area contributed by atoms with Crippen LogP contribution in [0.4, 0.5) is 5.69 Å². The van der Waals surface area contributed by atoms with Gasteiger partial charge < -0.3 is 24.3 Å². The molecule has 2 atom stereocenters. The molecule has 2 unspecified atom stereocenters. The van der Waals surface area contributed by atoms with Crippen molar-refractivity contribution in [2.24, 2.45) is 5.92 Å². The van der Waals surface area contributed by atoms with Crippen LogP contribution < -0.4 is 14.8 Å². The molecule has 1 heterocycles. The highest BCUT2D eigenvalue weighted by atomic mass is 16.6. The highest BCUT2D eigenvalue weighted by Gasteiger charge is 2.45. The Labute approximate surface area is 233 Å². The van der Waals surface area contributed by atoms with E-state index in [4.69, 9.17) is 18.9 Å². The molecule has 1 aliphatic carbocycles. The number of hydrogen-bond donors (Lipinski definition) is 1. The van der Waals surface area contributed by atoms with Crippen molar-refractivity contribution in [2.75, 3.05) is 19.0 Å². The minimum atomic E-state index is -0.532. The number of nitrogens with one attached hydrogen (secondary N) is 1. The topological polar surface area (TPSA) is 49.0 Å². The van der Waals surface area contributed by atoms with Crippen LogP contribution in [0, 0.1) is 5.92 Å². The molecule has 0 spiro atoms. The Morgan fingerprint density at radius 2 is 1.64 bits per heavy atom. The molecule has 5 heteroatoms. The van der Waals surface area contributed by atoms with Crippen LogP contribution in [0.3, 0.4) is 0 Å². The van der Waals surface area contributed by atoms with E-state index >= 15 is 0 Å². The minimum absolute atomic E-state index is 0.209. The molecule has 208 valence electrons. The molecule has 0 amide bonds. The molecule has 1 fully saturated rings. The van der Waals surface area contributed by atoms with Gasteiger partial charge >= 0.3 is 0 Å². The SMILES string of the molecule is COc1ccc(CNc2ccc3c(c2)C(OCCC2CCCCC2)C(OCc2ccccc2)C(C)(C)O3)cc1. The van der Waals surface area contributed by atoms with Gasteiger partial charge in [-0.1, -0.05) is 74.6 Å². The van der Waals surface area contributed by atoms with Crippen molar-refractivity contribution >= 4 is 5.69 Å². The van der Waals surface area contributed by atoms with Gasteiger partial charge in [0.15, 0.2) is 0 Å². The lowest BCUT2D eigenvalue weighted by Gasteiger charge is -2.44. The third-order valence-corrected chi connectivity index (χ3v) is 8.13. The van der Waals surface area contributed by atoms with Crippen molar-refractivity contribution in [3.05, 3.63) is 89.5 Å². The second kappa shape index (κ2) is 12.9. The predicted molar refractivity (Wildman–Crippen MR) is 156 cm³/mol. The molecule has 0 radical (unpaired) electrons. The van der Waals surface area contributed by atoms with Crippen molar-refractivity contribution in [1.29, 1.82) is 0 Å². The average molecular weight is 530 g/mol. The molecule has 3 aromatic carbocycles. The van der Waals surface area contributed by atoms with Crippen LogP contribution in [0.2, 0.25) is 0 Å². The standard InChI is InChI=1S/C34H43NO4/c1-34(2)33(38-24-27-12-8-5-9-13-27)32(37-21-20-25-10-6-4-7-11-25)30-22-28(16-19-31(30)39-34)35-23-26-14-17-29(36-3)18-15-26/h5,8-9,12-19,22,25,32-33,35H,4,6-7,10-11,20-21,23-24H2,1-3H3. The summed E-state index contributed by atoms with van der Waals surface area (Å²) in [4.78, 5) is 0. The van der Waals surface area contributed by atoms with Gasteiger partial charge in [0.2, 0.25) is 0 Å². The highest BCUT2D eigenvalue weighted by molar-refractivity contribution is 5.54. The summed E-state index contributed by atoms with van der Waals surface area (Å²) in [5.74, 6) is 2.51. The number of hydrogen-bond acceptors (Lipinski definition) is 5. The van der Waals surface area contributed by atoms with Crippen molar-refractivity contribution < 1.29 is 18.9 Å². The summed E-state index contributed by atoms with van der Waals surface area (Å²) in [5.41, 5.74) is 3.89. The van der Waals surface area contributed by atoms with E-state index in [9.17, 15) is 0 Å². The van der Waals surface area contributed by atoms with E-state index in [0.717, 1.165) is 53.8 Å². The van der Waals surface area contributed by atoms with Gasteiger partial charge in [0.25, 0.3) is 0 Å². The molecule has 1 N–H and O–H groups in total. The van der Waals surface area contributed by atoms with Crippen LogP contribution in [-0.4, -0.2) is 25.4 Å². The Balaban J connectivity index is 1.35. The predicted octanol–water partition coefficient (Wildman–Crippen LogP) is 8.09. The van der Waals surface area contributed by atoms with E-state index in [2.05, 4.69) is 73.8 Å². The number of ether oxygens (including phenoxy) is 4. The van der Waals surface area contributed by atoms with Gasteiger partial charge in [0.05, 0.1) is 13.7 Å². The smallest absolute Gasteiger partial charge is 0.132 e. The summed E-state index contributed by atoms with van der Waals surface area (Å²) < 4.78 is 25.2. The summed E-state index contributed by atoms with van der Waals surface area (Å²) in [6, 6.07) is 24.8. The molecular formula is C34H43NO4. The fraction of sp³-hybridized carbons (Fsp3) is 0.471. The molecule has 5 nitrogen and oxygen atoms in total. The first kappa shape index (κ1) is 27.5. The lowest BCUT2D eigenvalue weighted by atomic mass is 9.86. The summed E-state index contributed by atoms with van der Waals surface area (Å²) in [5, 5.41) is 3.58. The number of benzene rings is 3. The van der Waals surface area contributed by atoms with E-state index in [1.54, 1.807) is 7.11 Å². The zero-order chi connectivity index (χ0) is 27.1. The van der Waals surface area contributed by atoms with Crippen molar-refractivity contribution in [3.63, 3.8) is 0 Å². The Hall–Kier alpha value is -3.02. The molecule has 1 saturated carbocycles. The average Bonchev–Trinajstić information content (AvgIpc) is 2.96. The quantitative estimate of drug-likeness (QED) is 0.272. The first-order valence-corrected chi connectivity index (χ1v) is 14.5. The monoisotopic (exact) mass is 529 g/mol. The second-order valence-electron chi connectivity index (χ2n) is 11.5. The van der Waals surface area contributed by atoms with E-state index in [1.807, 2.05) is 18.2 Å². The number of fused-ring (bicyclic) bond motifs is 1. The molecule has 0 saturated heterocycles. The first-order valence-electron chi connectivity index (χ1n) is 14.5. The summed E-state index contributed by atoms with van der Waals surface area (Å²) in [6.45, 7) is 6.19. The Morgan fingerprint density at radius 3 is 2.38 bits per heavy atom. The maximum atomic E-state index is 6.75. The zero-order valence-electron chi connectivity index (χ0n) is 23.7. The normalized spacial score (nSPS) is 20.6. The lowest BCUT2D eigenvalue weighted by molar-refractivity contribution is -0.168. The van der Waals surface area contributed by atoms with E-state index in [-0.39, 0.29) is 12.2 Å². The zero-order valence-corrected chi connectivity index (χ0v) is 23.7. The number of rotatable bonds is 11. The van der Waals surface area contributed by atoms with Gasteiger partial charge in [-0.05, 0) is 67.6 Å². The molecule has 0 aromatic heterocycles. The lowest BCUT2D eigenvalue weighted by Crippen LogP contribution is -2.51. The van der Waals surface area contributed by atoms with Crippen molar-refractivity contribution in [3.8, 4) is 11.5 Å². The third kappa shape index (κ3) is 7.14. The van der Waals surface area contributed by atoms with Gasteiger partial charge in [-0.3, -0.25) is 0 Å². The van der Waals surface area contributed by atoms with Crippen molar-refractivity contribution in [2.45, 2.75) is 83.3 Å². The molecule has 0 bridgehead atoms. The van der Waals surface area contributed by atoms with Gasteiger partial charge in [0, 0.05) is 24.4 Å². The van der Waals surface area contributed by atoms with Crippen LogP contribution in [0.15, 0.2) is 72.8 Å². The number of anilines is 1. The third-order valence-electron chi connectivity index (χ3n) is 8.13. The Kier molecular flexibility index (Phi) is 9.10. The molecule has 5 rings (SSSR count). The van der Waals surface area contributed by atoms with E-state index in [1.165, 1.54) is 37.7 Å². The van der Waals surface area contributed by atoms with Crippen molar-refractivity contribution in [1.82, 2.24) is 0 Å². The largest absolute Gasteiger partial charge is 0.497 e. The van der Waals surface area contributed by atoms with Crippen LogP contribution in [0.5, 0.6) is 11.5 Å². The van der Waals surface area contributed by atoms with E-state index < -0.39 is 5.60 Å². The molecule has 2 aliphatic rings. The first-order chi connectivity index (χ1) is 19.0. The van der Waals surface area contributed by atoms with Gasteiger partial charge in [-0.15, -0.1) is 0 Å². The fourth-order valence-electron chi connectivity index (χ4n) is 5.85. The highest BCUT2D eigenvalue weighted by Crippen LogP contribution is 2.45. The summed E-state index contributed by atoms with van der Waals surface area (Å²) in [7, 11) is 1.69. The molecule has 1 aliphatic heterocycles. The summed E-state index contributed by atoms with van der Waals surface area (Å²) in [6.07, 6.45) is 7.38. The minimum Gasteiger partial charge on any atom is -0.497 e. The van der Waals surface area contributed by atoms with Gasteiger partial charge in [-0.25, -0.2) is 0 Å². The number of methoxy groups -OCH3 is 1. The van der Waals surface area contributed by atoms with Crippen LogP contribution >= 0.6 is 0 Å². The van der Waals surface area contributed by atoms with Crippen LogP contribution in [-0.2, 0) is 22.6 Å². The van der Waals surface area contributed by atoms with Crippen LogP contribution in [0.25, 0.3) is 0 Å². The fourth-order valence-corrected chi connectivity index (χ4v) is 5.85. The maximum Gasteiger partial charge on any atom is 0.132 e. The maximum absolute atomic E-state index is 6.75. The molecular weight excluding hydrogens is 486 g/mol.